The summed E-state index contributed by atoms with van der Waals surface area (Å²) in [6, 6.07) is 31.3. The molecule has 1 aliphatic heterocycles. The lowest BCUT2D eigenvalue weighted by Gasteiger charge is -2.21. The van der Waals surface area contributed by atoms with Crippen LogP contribution in [-0.4, -0.2) is 55.8 Å². The third-order valence-corrected chi connectivity index (χ3v) is 11.1. The topological polar surface area (TPSA) is 132 Å². The summed E-state index contributed by atoms with van der Waals surface area (Å²) in [5, 5.41) is 12.0. The van der Waals surface area contributed by atoms with E-state index < -0.39 is 17.6 Å². The normalized spacial score (nSPS) is 13.7. The van der Waals surface area contributed by atoms with Gasteiger partial charge in [-0.2, -0.15) is 0 Å². The average Bonchev–Trinajstić information content (AvgIpc) is 3.70. The number of benzene rings is 4. The Morgan fingerprint density at radius 1 is 0.689 bits per heavy atom. The average molecular weight is 831 g/mol. The predicted molar refractivity (Wildman–Crippen MR) is 239 cm³/mol. The van der Waals surface area contributed by atoms with Gasteiger partial charge in [-0.3, -0.25) is 18.8 Å². The van der Waals surface area contributed by atoms with E-state index in [4.69, 9.17) is 9.47 Å². The molecule has 11 heteroatoms. The summed E-state index contributed by atoms with van der Waals surface area (Å²) >= 11 is 0. The fraction of sp³-hybridized carbons (Fsp3) is 0.400. The monoisotopic (exact) mass is 830 g/mol. The Balaban J connectivity index is 0.000000237. The van der Waals surface area contributed by atoms with Crippen LogP contribution in [0.25, 0.3) is 0 Å². The molecule has 5 aromatic rings. The van der Waals surface area contributed by atoms with Crippen molar-refractivity contribution in [3.05, 3.63) is 153 Å². The molecule has 61 heavy (non-hydrogen) atoms. The second kappa shape index (κ2) is 21.9. The van der Waals surface area contributed by atoms with Gasteiger partial charge in [-0.05, 0) is 129 Å². The zero-order valence-corrected chi connectivity index (χ0v) is 36.6. The maximum absolute atomic E-state index is 13.0. The molecule has 0 radical (unpaired) electrons. The highest BCUT2D eigenvalue weighted by atomic mass is 16.5. The number of methoxy groups -OCH3 is 1. The number of rotatable bonds is 20. The number of imidazole rings is 1. The molecule has 0 saturated carbocycles. The standard InChI is InChI=1S/C28H36N2O4.C22H26N2O3/c1-5-18-30-24(20-29(27(30)33)19-23-12-10-21(6-2)11-13-23)9-7-8-22-14-16-25(17-15-22)34-28(3,4)26(31)32;1-3-16-7-9-18(10-8-16)15-24-21(25)20(23-22(24)26)6-4-5-17-11-13-19(27-2)14-12-17/h10-17,20H,5-9,18-19H2,1-4H3,(H,31,32);7-14,20H,3-6,15H2,1-2H3,(H,23,26). The van der Waals surface area contributed by atoms with Crippen LogP contribution in [0.1, 0.15) is 99.4 Å². The highest BCUT2D eigenvalue weighted by Gasteiger charge is 2.37. The Bertz CT molecular complexity index is 2240. The molecular weight excluding hydrogens is 769 g/mol. The van der Waals surface area contributed by atoms with Gasteiger partial charge < -0.3 is 19.9 Å². The molecule has 1 aliphatic rings. The van der Waals surface area contributed by atoms with Crippen LogP contribution in [0.5, 0.6) is 11.5 Å². The smallest absolute Gasteiger partial charge is 0.347 e. The number of nitrogens with one attached hydrogen (secondary N) is 1. The van der Waals surface area contributed by atoms with Crippen LogP contribution in [0, 0.1) is 0 Å². The lowest BCUT2D eigenvalue weighted by molar-refractivity contribution is -0.152. The molecule has 1 aromatic heterocycles. The minimum Gasteiger partial charge on any atom is -0.497 e. The third-order valence-electron chi connectivity index (χ3n) is 11.1. The highest BCUT2D eigenvalue weighted by molar-refractivity contribution is 6.04. The highest BCUT2D eigenvalue weighted by Crippen LogP contribution is 2.21. The van der Waals surface area contributed by atoms with E-state index in [1.54, 1.807) is 7.11 Å². The Morgan fingerprint density at radius 3 is 1.72 bits per heavy atom. The Kier molecular flexibility index (Phi) is 16.5. The molecule has 2 heterocycles. The van der Waals surface area contributed by atoms with Crippen LogP contribution in [0.3, 0.4) is 0 Å². The van der Waals surface area contributed by atoms with Crippen molar-refractivity contribution in [1.29, 1.82) is 0 Å². The molecule has 1 fully saturated rings. The number of aryl methyl sites for hydroxylation is 5. The number of amides is 3. The van der Waals surface area contributed by atoms with Crippen LogP contribution in [0.15, 0.2) is 108 Å². The number of imide groups is 1. The number of nitrogens with zero attached hydrogens (tertiary/aromatic N) is 3. The van der Waals surface area contributed by atoms with Gasteiger partial charge >= 0.3 is 17.7 Å². The molecule has 0 aliphatic carbocycles. The number of ether oxygens (including phenoxy) is 2. The molecule has 11 nitrogen and oxygen atoms in total. The van der Waals surface area contributed by atoms with Gasteiger partial charge in [0, 0.05) is 18.4 Å². The lowest BCUT2D eigenvalue weighted by atomic mass is 10.0. The van der Waals surface area contributed by atoms with Crippen molar-refractivity contribution in [2.75, 3.05) is 7.11 Å². The first kappa shape index (κ1) is 46.0. The number of hydrogen-bond acceptors (Lipinski definition) is 6. The molecule has 1 unspecified atom stereocenters. The number of aromatic nitrogens is 2. The number of carboxylic acid groups (broad SMARTS) is 1. The molecule has 1 saturated heterocycles. The number of carbonyl (C=O) groups is 3. The molecular formula is C50H62N4O7. The second-order valence-electron chi connectivity index (χ2n) is 16.1. The van der Waals surface area contributed by atoms with E-state index in [1.165, 1.54) is 35.4 Å². The first-order chi connectivity index (χ1) is 29.3. The van der Waals surface area contributed by atoms with Crippen LogP contribution < -0.4 is 20.5 Å². The van der Waals surface area contributed by atoms with Gasteiger partial charge in [0.1, 0.15) is 17.5 Å². The third kappa shape index (κ3) is 12.9. The van der Waals surface area contributed by atoms with E-state index in [-0.39, 0.29) is 17.6 Å². The second-order valence-corrected chi connectivity index (χ2v) is 16.1. The minimum absolute atomic E-state index is 0.0546. The summed E-state index contributed by atoms with van der Waals surface area (Å²) in [7, 11) is 1.65. The number of hydrogen-bond donors (Lipinski definition) is 2. The molecule has 4 aromatic carbocycles. The van der Waals surface area contributed by atoms with Gasteiger partial charge in [0.2, 0.25) is 0 Å². The largest absolute Gasteiger partial charge is 0.497 e. The van der Waals surface area contributed by atoms with Gasteiger partial charge in [0.25, 0.3) is 5.91 Å². The zero-order chi connectivity index (χ0) is 43.9. The SMILES string of the molecule is CCCn1c(CCCc2ccc(OC(C)(C)C(=O)O)cc2)cn(Cc2ccc(CC)cc2)c1=O.CCc1ccc(CN2C(=O)NC(CCCc3ccc(OC)cc3)C2=O)cc1. The molecule has 0 bridgehead atoms. The van der Waals surface area contributed by atoms with Crippen LogP contribution in [0.2, 0.25) is 0 Å². The van der Waals surface area contributed by atoms with E-state index in [9.17, 15) is 24.3 Å². The predicted octanol–water partition coefficient (Wildman–Crippen LogP) is 8.79. The zero-order valence-electron chi connectivity index (χ0n) is 36.6. The fourth-order valence-electron chi connectivity index (χ4n) is 7.26. The van der Waals surface area contributed by atoms with E-state index in [1.807, 2.05) is 88.1 Å². The van der Waals surface area contributed by atoms with E-state index in [2.05, 4.69) is 50.4 Å². The maximum Gasteiger partial charge on any atom is 0.347 e. The van der Waals surface area contributed by atoms with Gasteiger partial charge in [0.05, 0.1) is 20.2 Å². The van der Waals surface area contributed by atoms with Crippen LogP contribution in [0.4, 0.5) is 4.79 Å². The summed E-state index contributed by atoms with van der Waals surface area (Å²) in [6.45, 7) is 11.0. The molecule has 3 amide bonds. The van der Waals surface area contributed by atoms with Crippen molar-refractivity contribution in [3.63, 3.8) is 0 Å². The fourth-order valence-corrected chi connectivity index (χ4v) is 7.26. The van der Waals surface area contributed by atoms with E-state index in [0.29, 0.717) is 25.3 Å². The van der Waals surface area contributed by atoms with Crippen molar-refractivity contribution in [2.45, 2.75) is 124 Å². The Morgan fingerprint density at radius 2 is 1.20 bits per heavy atom. The van der Waals surface area contributed by atoms with Crippen molar-refractivity contribution < 1.29 is 29.0 Å². The van der Waals surface area contributed by atoms with Crippen LogP contribution in [-0.2, 0) is 61.3 Å². The van der Waals surface area contributed by atoms with Crippen molar-refractivity contribution in [1.82, 2.24) is 19.4 Å². The summed E-state index contributed by atoms with van der Waals surface area (Å²) in [6.07, 6.45) is 9.85. The summed E-state index contributed by atoms with van der Waals surface area (Å²) in [5.74, 6) is 0.241. The van der Waals surface area contributed by atoms with Gasteiger partial charge in [0.15, 0.2) is 5.60 Å². The maximum atomic E-state index is 13.0. The number of carbonyl (C=O) groups excluding carboxylic acids is 2. The molecule has 1 atom stereocenters. The molecule has 324 valence electrons. The van der Waals surface area contributed by atoms with Gasteiger partial charge in [-0.25, -0.2) is 14.4 Å². The van der Waals surface area contributed by atoms with E-state index >= 15 is 0 Å². The first-order valence-electron chi connectivity index (χ1n) is 21.5. The van der Waals surface area contributed by atoms with Gasteiger partial charge in [-0.15, -0.1) is 0 Å². The lowest BCUT2D eigenvalue weighted by Crippen LogP contribution is -2.37. The van der Waals surface area contributed by atoms with Gasteiger partial charge in [-0.1, -0.05) is 93.6 Å². The Labute approximate surface area is 360 Å². The quantitative estimate of drug-likeness (QED) is 0.0750. The number of carboxylic acids is 1. The van der Waals surface area contributed by atoms with E-state index in [0.717, 1.165) is 86.0 Å². The Hall–Kier alpha value is -6.10. The van der Waals surface area contributed by atoms with Crippen molar-refractivity contribution in [3.8, 4) is 11.5 Å². The van der Waals surface area contributed by atoms with Crippen LogP contribution >= 0.6 is 0 Å². The number of urea groups is 1. The molecule has 2 N–H and O–H groups in total. The van der Waals surface area contributed by atoms with Crippen molar-refractivity contribution in [2.24, 2.45) is 0 Å². The summed E-state index contributed by atoms with van der Waals surface area (Å²) in [5.41, 5.74) is 6.84. The summed E-state index contributed by atoms with van der Waals surface area (Å²) < 4.78 is 14.5. The summed E-state index contributed by atoms with van der Waals surface area (Å²) in [4.78, 5) is 50.4. The minimum atomic E-state index is -1.27. The molecule has 0 spiro atoms. The molecule has 6 rings (SSSR count). The first-order valence-corrected chi connectivity index (χ1v) is 21.5. The van der Waals surface area contributed by atoms with Crippen molar-refractivity contribution >= 4 is 17.9 Å². The number of aliphatic carboxylic acids is 1.